The number of hydrogen-bond donors (Lipinski definition) is 2. The van der Waals surface area contributed by atoms with Crippen LogP contribution >= 0.6 is 0 Å². The van der Waals surface area contributed by atoms with Crippen LogP contribution in [0.1, 0.15) is 24.2 Å². The predicted octanol–water partition coefficient (Wildman–Crippen LogP) is 2.68. The summed E-state index contributed by atoms with van der Waals surface area (Å²) in [6.07, 6.45) is 0.962. The maximum absolute atomic E-state index is 12.4. The molecule has 7 heteroatoms. The van der Waals surface area contributed by atoms with Crippen LogP contribution in [0.5, 0.6) is 5.75 Å². The van der Waals surface area contributed by atoms with Crippen molar-refractivity contribution >= 4 is 21.4 Å². The summed E-state index contributed by atoms with van der Waals surface area (Å²) in [6, 6.07) is 13.0. The highest BCUT2D eigenvalue weighted by Crippen LogP contribution is 2.20. The highest BCUT2D eigenvalue weighted by molar-refractivity contribution is 7.90. The highest BCUT2D eigenvalue weighted by atomic mass is 32.2. The molecule has 6 nitrogen and oxygen atoms in total. The van der Waals surface area contributed by atoms with Gasteiger partial charge in [-0.3, -0.25) is 10.1 Å². The van der Waals surface area contributed by atoms with Crippen molar-refractivity contribution in [2.75, 3.05) is 18.1 Å². The summed E-state index contributed by atoms with van der Waals surface area (Å²) in [4.78, 5) is 12.4. The minimum absolute atomic E-state index is 0.00641. The Bertz CT molecular complexity index is 832. The molecule has 0 aromatic heterocycles. The van der Waals surface area contributed by atoms with Gasteiger partial charge >= 0.3 is 0 Å². The second-order valence-corrected chi connectivity index (χ2v) is 7.55. The lowest BCUT2D eigenvalue weighted by molar-refractivity contribution is 0.102. The molecule has 2 aromatic carbocycles. The van der Waals surface area contributed by atoms with Crippen molar-refractivity contribution in [3.8, 4) is 5.75 Å². The molecule has 0 heterocycles. The number of rotatable bonds is 7. The Morgan fingerprint density at radius 2 is 1.76 bits per heavy atom. The summed E-state index contributed by atoms with van der Waals surface area (Å²) >= 11 is 0. The second-order valence-electron chi connectivity index (χ2n) is 5.56. The Morgan fingerprint density at radius 3 is 2.36 bits per heavy atom. The molecule has 1 unspecified atom stereocenters. The van der Waals surface area contributed by atoms with Gasteiger partial charge in [0.05, 0.1) is 10.5 Å². The number of nitrogens with one attached hydrogen (secondary N) is 2. The minimum atomic E-state index is -3.48. The lowest BCUT2D eigenvalue weighted by atomic mass is 10.2. The fourth-order valence-corrected chi connectivity index (χ4v) is 3.21. The first-order valence-corrected chi connectivity index (χ1v) is 9.81. The summed E-state index contributed by atoms with van der Waals surface area (Å²) < 4.78 is 29.3. The minimum Gasteiger partial charge on any atom is -0.476 e. The number of carbonyl (C=O) groups excluding carboxylic acids is 1. The fraction of sp³-hybridized carbons (Fsp3) is 0.278. The van der Waals surface area contributed by atoms with Crippen molar-refractivity contribution in [2.45, 2.75) is 25.0 Å². The first-order valence-electron chi connectivity index (χ1n) is 7.92. The van der Waals surface area contributed by atoms with Crippen LogP contribution in [0.15, 0.2) is 53.4 Å². The van der Waals surface area contributed by atoms with E-state index in [1.165, 1.54) is 12.1 Å². The molecule has 0 aliphatic heterocycles. The Hall–Kier alpha value is -2.38. The van der Waals surface area contributed by atoms with E-state index in [-0.39, 0.29) is 16.7 Å². The zero-order valence-corrected chi connectivity index (χ0v) is 15.3. The van der Waals surface area contributed by atoms with E-state index in [4.69, 9.17) is 4.74 Å². The van der Waals surface area contributed by atoms with Crippen LogP contribution in [-0.4, -0.2) is 33.4 Å². The molecule has 2 aromatic rings. The maximum atomic E-state index is 12.4. The number of carbonyl (C=O) groups is 1. The molecular weight excluding hydrogens is 340 g/mol. The van der Waals surface area contributed by atoms with Crippen LogP contribution in [0, 0.1) is 0 Å². The Labute approximate surface area is 148 Å². The van der Waals surface area contributed by atoms with E-state index >= 15 is 0 Å². The molecule has 0 aliphatic carbocycles. The topological polar surface area (TPSA) is 84.5 Å². The molecule has 134 valence electrons. The fourth-order valence-electron chi connectivity index (χ4n) is 2.33. The third-order valence-electron chi connectivity index (χ3n) is 3.45. The number of amides is 1. The molecule has 2 N–H and O–H groups in total. The second kappa shape index (κ2) is 8.13. The van der Waals surface area contributed by atoms with Gasteiger partial charge in [0.1, 0.15) is 12.0 Å². The average Bonchev–Trinajstić information content (AvgIpc) is 2.56. The molecule has 0 saturated heterocycles. The first kappa shape index (κ1) is 19.0. The molecular formula is C18H22N2O4S. The van der Waals surface area contributed by atoms with Crippen molar-refractivity contribution in [3.05, 3.63) is 54.1 Å². The summed E-state index contributed by atoms with van der Waals surface area (Å²) in [7, 11) is -3.48. The summed E-state index contributed by atoms with van der Waals surface area (Å²) in [6.45, 7) is 4.70. The average molecular weight is 362 g/mol. The van der Waals surface area contributed by atoms with Crippen molar-refractivity contribution in [2.24, 2.45) is 0 Å². The predicted molar refractivity (Wildman–Crippen MR) is 97.7 cm³/mol. The van der Waals surface area contributed by atoms with Gasteiger partial charge in [-0.2, -0.15) is 0 Å². The molecule has 0 aliphatic rings. The molecule has 2 rings (SSSR count). The van der Waals surface area contributed by atoms with E-state index in [0.717, 1.165) is 12.8 Å². The Kier molecular flexibility index (Phi) is 6.17. The van der Waals surface area contributed by atoms with Crippen LogP contribution in [0.3, 0.4) is 0 Å². The van der Waals surface area contributed by atoms with Gasteiger partial charge in [0.15, 0.2) is 9.84 Å². The van der Waals surface area contributed by atoms with Crippen molar-refractivity contribution in [1.82, 2.24) is 5.32 Å². The Morgan fingerprint density at radius 1 is 1.12 bits per heavy atom. The molecule has 0 fully saturated rings. The zero-order chi connectivity index (χ0) is 18.4. The van der Waals surface area contributed by atoms with Crippen molar-refractivity contribution in [1.29, 1.82) is 0 Å². The van der Waals surface area contributed by atoms with Gasteiger partial charge in [-0.15, -0.1) is 0 Å². The van der Waals surface area contributed by atoms with Gasteiger partial charge in [-0.25, -0.2) is 8.42 Å². The highest BCUT2D eigenvalue weighted by Gasteiger charge is 2.18. The van der Waals surface area contributed by atoms with E-state index < -0.39 is 15.7 Å². The van der Waals surface area contributed by atoms with Gasteiger partial charge < -0.3 is 10.1 Å². The van der Waals surface area contributed by atoms with E-state index in [1.54, 1.807) is 36.4 Å². The molecule has 0 bridgehead atoms. The monoisotopic (exact) mass is 362 g/mol. The van der Waals surface area contributed by atoms with E-state index in [1.807, 2.05) is 13.8 Å². The number of ether oxygens (including phenoxy) is 1. The van der Waals surface area contributed by atoms with Crippen LogP contribution in [0.4, 0.5) is 5.69 Å². The number of sulfone groups is 1. The lowest BCUT2D eigenvalue weighted by Gasteiger charge is -2.15. The maximum Gasteiger partial charge on any atom is 0.256 e. The van der Waals surface area contributed by atoms with E-state index in [2.05, 4.69) is 10.6 Å². The van der Waals surface area contributed by atoms with Gasteiger partial charge in [0.2, 0.25) is 0 Å². The normalized spacial score (nSPS) is 12.4. The van der Waals surface area contributed by atoms with E-state index in [9.17, 15) is 13.2 Å². The SMILES string of the molecule is CCNC(C)Oc1ccc(NC(=O)c2ccccc2S(C)(=O)=O)cc1. The molecule has 0 saturated carbocycles. The van der Waals surface area contributed by atoms with Crippen LogP contribution in [-0.2, 0) is 9.84 Å². The standard InChI is InChI=1S/C18H22N2O4S/c1-4-19-13(2)24-15-11-9-14(10-12-15)20-18(21)16-7-5-6-8-17(16)25(3,22)23/h5-13,19H,4H2,1-3H3,(H,20,21). The molecule has 0 radical (unpaired) electrons. The summed E-state index contributed by atoms with van der Waals surface area (Å²) in [5.41, 5.74) is 0.669. The third kappa shape index (κ3) is 5.30. The third-order valence-corrected chi connectivity index (χ3v) is 4.60. The number of benzene rings is 2. The smallest absolute Gasteiger partial charge is 0.256 e. The first-order chi connectivity index (χ1) is 11.8. The van der Waals surface area contributed by atoms with E-state index in [0.29, 0.717) is 11.4 Å². The quantitative estimate of drug-likeness (QED) is 0.740. The summed E-state index contributed by atoms with van der Waals surface area (Å²) in [5.74, 6) is 0.193. The molecule has 25 heavy (non-hydrogen) atoms. The van der Waals surface area contributed by atoms with Gasteiger partial charge in [0, 0.05) is 11.9 Å². The lowest BCUT2D eigenvalue weighted by Crippen LogP contribution is -2.30. The van der Waals surface area contributed by atoms with Crippen molar-refractivity contribution in [3.63, 3.8) is 0 Å². The van der Waals surface area contributed by atoms with Crippen LogP contribution < -0.4 is 15.4 Å². The summed E-state index contributed by atoms with van der Waals surface area (Å²) in [5, 5.41) is 5.84. The van der Waals surface area contributed by atoms with Crippen LogP contribution in [0.2, 0.25) is 0 Å². The van der Waals surface area contributed by atoms with Gasteiger partial charge in [-0.05, 0) is 49.9 Å². The molecule has 0 spiro atoms. The molecule has 1 amide bonds. The van der Waals surface area contributed by atoms with Crippen LogP contribution in [0.25, 0.3) is 0 Å². The zero-order valence-electron chi connectivity index (χ0n) is 14.4. The molecule has 1 atom stereocenters. The van der Waals surface area contributed by atoms with Crippen molar-refractivity contribution < 1.29 is 17.9 Å². The Balaban J connectivity index is 2.12. The van der Waals surface area contributed by atoms with Gasteiger partial charge in [0.25, 0.3) is 5.91 Å². The number of anilines is 1. The largest absolute Gasteiger partial charge is 0.476 e. The number of hydrogen-bond acceptors (Lipinski definition) is 5. The van der Waals surface area contributed by atoms with Gasteiger partial charge in [-0.1, -0.05) is 19.1 Å².